The van der Waals surface area contributed by atoms with Gasteiger partial charge in [0.05, 0.1) is 22.5 Å². The van der Waals surface area contributed by atoms with E-state index in [1.165, 1.54) is 16.4 Å². The van der Waals surface area contributed by atoms with E-state index in [0.717, 1.165) is 5.82 Å². The predicted molar refractivity (Wildman–Crippen MR) is 78.7 cm³/mol. The van der Waals surface area contributed by atoms with Gasteiger partial charge in [-0.15, -0.1) is 0 Å². The van der Waals surface area contributed by atoms with Gasteiger partial charge < -0.3 is 14.5 Å². The van der Waals surface area contributed by atoms with Crippen LogP contribution >= 0.6 is 0 Å². The van der Waals surface area contributed by atoms with E-state index in [1.807, 2.05) is 10.8 Å². The molecule has 0 saturated heterocycles. The number of benzene rings is 1. The molecule has 0 amide bonds. The Balaban J connectivity index is 1.74. The minimum absolute atomic E-state index is 0.162. The Morgan fingerprint density at radius 2 is 1.95 bits per heavy atom. The SMILES string of the molecule is O=c1[nH]c2ccc(S(=O)(=O)N3CCn4ccnc4C3)cc2[nH]1. The lowest BCUT2D eigenvalue weighted by atomic mass is 10.3. The van der Waals surface area contributed by atoms with E-state index in [0.29, 0.717) is 24.1 Å². The van der Waals surface area contributed by atoms with Crippen LogP contribution in [0.3, 0.4) is 0 Å². The van der Waals surface area contributed by atoms with Crippen molar-refractivity contribution in [3.63, 3.8) is 0 Å². The summed E-state index contributed by atoms with van der Waals surface area (Å²) < 4.78 is 28.9. The summed E-state index contributed by atoms with van der Waals surface area (Å²) in [6.45, 7) is 1.22. The number of rotatable bonds is 2. The Morgan fingerprint density at radius 1 is 1.14 bits per heavy atom. The highest BCUT2D eigenvalue weighted by molar-refractivity contribution is 7.89. The number of hydrogen-bond acceptors (Lipinski definition) is 4. The summed E-state index contributed by atoms with van der Waals surface area (Å²) in [5.74, 6) is 0.728. The summed E-state index contributed by atoms with van der Waals surface area (Å²) in [5, 5.41) is 0. The van der Waals surface area contributed by atoms with Crippen LogP contribution in [0.2, 0.25) is 0 Å². The Kier molecular flexibility index (Phi) is 2.75. The van der Waals surface area contributed by atoms with Crippen LogP contribution < -0.4 is 5.69 Å². The molecular weight excluding hydrogens is 306 g/mol. The molecule has 2 aromatic heterocycles. The van der Waals surface area contributed by atoms with Gasteiger partial charge in [-0.3, -0.25) is 0 Å². The first kappa shape index (κ1) is 13.3. The molecule has 8 nitrogen and oxygen atoms in total. The van der Waals surface area contributed by atoms with E-state index in [2.05, 4.69) is 15.0 Å². The zero-order valence-corrected chi connectivity index (χ0v) is 12.3. The average Bonchev–Trinajstić information content (AvgIpc) is 3.09. The lowest BCUT2D eigenvalue weighted by Crippen LogP contribution is -2.38. The van der Waals surface area contributed by atoms with Crippen molar-refractivity contribution >= 4 is 21.1 Å². The molecule has 0 fully saturated rings. The topological polar surface area (TPSA) is 104 Å². The van der Waals surface area contributed by atoms with Crippen molar-refractivity contribution in [2.45, 2.75) is 18.0 Å². The molecule has 0 saturated carbocycles. The summed E-state index contributed by atoms with van der Waals surface area (Å²) >= 11 is 0. The second-order valence-corrected chi connectivity index (χ2v) is 7.10. The van der Waals surface area contributed by atoms with Crippen LogP contribution in [0.4, 0.5) is 0 Å². The molecule has 4 rings (SSSR count). The minimum atomic E-state index is -3.62. The summed E-state index contributed by atoms with van der Waals surface area (Å²) in [6.07, 6.45) is 3.51. The monoisotopic (exact) mass is 319 g/mol. The van der Waals surface area contributed by atoms with E-state index >= 15 is 0 Å². The number of nitrogens with zero attached hydrogens (tertiary/aromatic N) is 3. The number of hydrogen-bond donors (Lipinski definition) is 2. The maximum Gasteiger partial charge on any atom is 0.323 e. The normalized spacial score (nSPS) is 16.0. The van der Waals surface area contributed by atoms with Gasteiger partial charge >= 0.3 is 5.69 Å². The third-order valence-corrected chi connectivity index (χ3v) is 5.68. The number of aromatic nitrogens is 4. The fraction of sp³-hybridized carbons (Fsp3) is 0.231. The Hall–Kier alpha value is -2.39. The van der Waals surface area contributed by atoms with Crippen LogP contribution in [0.15, 0.2) is 40.3 Å². The molecule has 114 valence electrons. The van der Waals surface area contributed by atoms with Gasteiger partial charge in [0.2, 0.25) is 10.0 Å². The number of nitrogens with one attached hydrogen (secondary N) is 2. The van der Waals surface area contributed by atoms with Gasteiger partial charge in [-0.25, -0.2) is 18.2 Å². The van der Waals surface area contributed by atoms with Crippen LogP contribution in [0.5, 0.6) is 0 Å². The van der Waals surface area contributed by atoms with Gasteiger partial charge in [0.25, 0.3) is 0 Å². The number of sulfonamides is 1. The molecule has 1 aliphatic rings. The Labute approximate surface area is 125 Å². The fourth-order valence-electron chi connectivity index (χ4n) is 2.68. The molecule has 0 aliphatic carbocycles. The van der Waals surface area contributed by atoms with Crippen molar-refractivity contribution in [3.8, 4) is 0 Å². The second kappa shape index (κ2) is 4.55. The van der Waals surface area contributed by atoms with Gasteiger partial charge in [0.15, 0.2) is 0 Å². The number of fused-ring (bicyclic) bond motifs is 2. The van der Waals surface area contributed by atoms with Gasteiger partial charge in [-0.05, 0) is 18.2 Å². The molecule has 9 heteroatoms. The number of H-pyrrole nitrogens is 2. The molecule has 1 aliphatic heterocycles. The standard InChI is InChI=1S/C13H13N5O3S/c19-13-15-10-2-1-9(7-11(10)16-13)22(20,21)18-6-5-17-4-3-14-12(17)8-18/h1-4,7H,5-6,8H2,(H2,15,16,19). The van der Waals surface area contributed by atoms with Gasteiger partial charge in [-0.1, -0.05) is 0 Å². The van der Waals surface area contributed by atoms with Crippen molar-refractivity contribution in [1.82, 2.24) is 23.8 Å². The van der Waals surface area contributed by atoms with E-state index in [4.69, 9.17) is 0 Å². The van der Waals surface area contributed by atoms with Crippen molar-refractivity contribution in [3.05, 3.63) is 46.9 Å². The van der Waals surface area contributed by atoms with Gasteiger partial charge in [0.1, 0.15) is 5.82 Å². The highest BCUT2D eigenvalue weighted by atomic mass is 32.2. The first-order valence-electron chi connectivity index (χ1n) is 6.76. The van der Waals surface area contributed by atoms with Crippen LogP contribution in [-0.4, -0.2) is 38.8 Å². The predicted octanol–water partition coefficient (Wildman–Crippen LogP) is 0.257. The second-order valence-electron chi connectivity index (χ2n) is 5.16. The van der Waals surface area contributed by atoms with Crippen LogP contribution in [-0.2, 0) is 23.1 Å². The summed E-state index contributed by atoms with van der Waals surface area (Å²) in [6, 6.07) is 4.57. The fourth-order valence-corrected chi connectivity index (χ4v) is 4.09. The van der Waals surface area contributed by atoms with Crippen molar-refractivity contribution < 1.29 is 8.42 Å². The third kappa shape index (κ3) is 1.97. The van der Waals surface area contributed by atoms with E-state index in [9.17, 15) is 13.2 Å². The lowest BCUT2D eigenvalue weighted by molar-refractivity contribution is 0.335. The summed E-state index contributed by atoms with van der Waals surface area (Å²) in [7, 11) is -3.62. The smallest absolute Gasteiger partial charge is 0.323 e. The molecule has 0 bridgehead atoms. The zero-order chi connectivity index (χ0) is 15.3. The molecule has 3 heterocycles. The molecule has 3 aromatic rings. The van der Waals surface area contributed by atoms with Crippen molar-refractivity contribution in [2.75, 3.05) is 6.54 Å². The highest BCUT2D eigenvalue weighted by Crippen LogP contribution is 2.22. The molecule has 1 aromatic carbocycles. The minimum Gasteiger partial charge on any atom is -0.333 e. The maximum atomic E-state index is 12.8. The maximum absolute atomic E-state index is 12.8. The van der Waals surface area contributed by atoms with E-state index in [1.54, 1.807) is 12.3 Å². The van der Waals surface area contributed by atoms with Crippen molar-refractivity contribution in [2.24, 2.45) is 0 Å². The highest BCUT2D eigenvalue weighted by Gasteiger charge is 2.29. The van der Waals surface area contributed by atoms with Crippen LogP contribution in [0.25, 0.3) is 11.0 Å². The first-order valence-corrected chi connectivity index (χ1v) is 8.20. The first-order chi connectivity index (χ1) is 10.5. The van der Waals surface area contributed by atoms with Gasteiger partial charge in [-0.2, -0.15) is 4.31 Å². The summed E-state index contributed by atoms with van der Waals surface area (Å²) in [4.78, 5) is 20.8. The van der Waals surface area contributed by atoms with Crippen molar-refractivity contribution in [1.29, 1.82) is 0 Å². The third-order valence-electron chi connectivity index (χ3n) is 3.83. The van der Waals surface area contributed by atoms with E-state index in [-0.39, 0.29) is 17.1 Å². The zero-order valence-electron chi connectivity index (χ0n) is 11.5. The molecular formula is C13H13N5O3S. The molecule has 0 atom stereocenters. The number of imidazole rings is 2. The van der Waals surface area contributed by atoms with E-state index < -0.39 is 10.0 Å². The molecule has 22 heavy (non-hydrogen) atoms. The number of aromatic amines is 2. The Morgan fingerprint density at radius 3 is 2.82 bits per heavy atom. The quantitative estimate of drug-likeness (QED) is 0.707. The Bertz CT molecular complexity index is 1010. The van der Waals surface area contributed by atoms with Crippen LogP contribution in [0, 0.1) is 0 Å². The molecule has 0 spiro atoms. The molecule has 2 N–H and O–H groups in total. The lowest BCUT2D eigenvalue weighted by Gasteiger charge is -2.26. The largest absolute Gasteiger partial charge is 0.333 e. The summed E-state index contributed by atoms with van der Waals surface area (Å²) in [5.41, 5.74) is 0.701. The molecule has 0 unspecified atom stereocenters. The molecule has 0 radical (unpaired) electrons. The van der Waals surface area contributed by atoms with Gasteiger partial charge in [0, 0.05) is 25.5 Å². The average molecular weight is 319 g/mol. The van der Waals surface area contributed by atoms with Crippen LogP contribution in [0.1, 0.15) is 5.82 Å².